The van der Waals surface area contributed by atoms with Crippen molar-refractivity contribution in [1.29, 1.82) is 0 Å². The van der Waals surface area contributed by atoms with Crippen LogP contribution in [0.25, 0.3) is 0 Å². The van der Waals surface area contributed by atoms with Crippen molar-refractivity contribution < 1.29 is 17.9 Å². The molecule has 1 fully saturated rings. The zero-order chi connectivity index (χ0) is 16.9. The fourth-order valence-electron chi connectivity index (χ4n) is 2.87. The smallest absolute Gasteiger partial charge is 0.251 e. The number of sulfone groups is 1. The summed E-state index contributed by atoms with van der Waals surface area (Å²) in [4.78, 5) is 12.2. The van der Waals surface area contributed by atoms with Crippen LogP contribution >= 0.6 is 0 Å². The predicted octanol–water partition coefficient (Wildman–Crippen LogP) is 2.42. The molecule has 1 saturated carbocycles. The molecule has 2 rings (SSSR count). The van der Waals surface area contributed by atoms with E-state index in [0.717, 1.165) is 12.7 Å². The zero-order valence-electron chi connectivity index (χ0n) is 13.7. The normalized spacial score (nSPS) is 21.8. The third-order valence-corrected chi connectivity index (χ3v) is 5.39. The van der Waals surface area contributed by atoms with Crippen molar-refractivity contribution >= 4 is 15.7 Å². The molecule has 6 heteroatoms. The van der Waals surface area contributed by atoms with E-state index in [1.54, 1.807) is 12.1 Å². The molecule has 0 aliphatic heterocycles. The van der Waals surface area contributed by atoms with Crippen molar-refractivity contribution in [1.82, 2.24) is 5.32 Å². The van der Waals surface area contributed by atoms with Crippen molar-refractivity contribution in [2.24, 2.45) is 5.92 Å². The van der Waals surface area contributed by atoms with E-state index in [1.807, 2.05) is 0 Å². The van der Waals surface area contributed by atoms with E-state index in [2.05, 4.69) is 12.2 Å². The van der Waals surface area contributed by atoms with Crippen LogP contribution in [0, 0.1) is 5.92 Å². The lowest BCUT2D eigenvalue weighted by Crippen LogP contribution is -2.31. The molecule has 1 aliphatic carbocycles. The number of rotatable bonds is 6. The van der Waals surface area contributed by atoms with Crippen LogP contribution in [0.5, 0.6) is 0 Å². The summed E-state index contributed by atoms with van der Waals surface area (Å²) in [7, 11) is -3.31. The molecule has 0 heterocycles. The largest absolute Gasteiger partial charge is 0.376 e. The van der Waals surface area contributed by atoms with Crippen LogP contribution in [0.1, 0.15) is 43.0 Å². The van der Waals surface area contributed by atoms with Crippen LogP contribution in [-0.4, -0.2) is 39.8 Å². The first-order valence-corrected chi connectivity index (χ1v) is 9.97. The minimum absolute atomic E-state index is 0.150. The van der Waals surface area contributed by atoms with Crippen molar-refractivity contribution in [2.45, 2.75) is 43.6 Å². The Morgan fingerprint density at radius 3 is 2.74 bits per heavy atom. The van der Waals surface area contributed by atoms with E-state index in [0.29, 0.717) is 24.6 Å². The van der Waals surface area contributed by atoms with Gasteiger partial charge in [0.2, 0.25) is 0 Å². The van der Waals surface area contributed by atoms with Gasteiger partial charge in [-0.05, 0) is 37.0 Å². The van der Waals surface area contributed by atoms with Gasteiger partial charge in [-0.2, -0.15) is 0 Å². The SMILES string of the molecule is CC1CCCCC1OCCNC(=O)c1cccc(S(C)(=O)=O)c1. The van der Waals surface area contributed by atoms with Crippen molar-refractivity contribution in [3.63, 3.8) is 0 Å². The first-order valence-electron chi connectivity index (χ1n) is 8.08. The van der Waals surface area contributed by atoms with Gasteiger partial charge in [0.1, 0.15) is 0 Å². The molecule has 23 heavy (non-hydrogen) atoms. The predicted molar refractivity (Wildman–Crippen MR) is 89.3 cm³/mol. The van der Waals surface area contributed by atoms with Gasteiger partial charge in [0.05, 0.1) is 17.6 Å². The Morgan fingerprint density at radius 2 is 2.04 bits per heavy atom. The van der Waals surface area contributed by atoms with Gasteiger partial charge >= 0.3 is 0 Å². The number of nitrogens with one attached hydrogen (secondary N) is 1. The summed E-state index contributed by atoms with van der Waals surface area (Å²) in [6.07, 6.45) is 6.19. The van der Waals surface area contributed by atoms with Crippen LogP contribution in [0.3, 0.4) is 0 Å². The molecule has 0 spiro atoms. The van der Waals surface area contributed by atoms with E-state index >= 15 is 0 Å². The van der Waals surface area contributed by atoms with Gasteiger partial charge < -0.3 is 10.1 Å². The van der Waals surface area contributed by atoms with Gasteiger partial charge in [-0.1, -0.05) is 25.8 Å². The number of carbonyl (C=O) groups is 1. The quantitative estimate of drug-likeness (QED) is 0.808. The molecule has 1 aliphatic rings. The Balaban J connectivity index is 1.81. The topological polar surface area (TPSA) is 72.5 Å². The third-order valence-electron chi connectivity index (χ3n) is 4.28. The number of benzene rings is 1. The Kier molecular flexibility index (Phi) is 6.18. The van der Waals surface area contributed by atoms with E-state index < -0.39 is 9.84 Å². The van der Waals surface area contributed by atoms with E-state index in [-0.39, 0.29) is 16.9 Å². The molecule has 1 aromatic rings. The highest BCUT2D eigenvalue weighted by Gasteiger charge is 2.21. The van der Waals surface area contributed by atoms with Crippen LogP contribution < -0.4 is 5.32 Å². The number of ether oxygens (including phenoxy) is 1. The van der Waals surface area contributed by atoms with Crippen LogP contribution in [0.15, 0.2) is 29.2 Å². The summed E-state index contributed by atoms with van der Waals surface area (Å²) >= 11 is 0. The second-order valence-corrected chi connectivity index (χ2v) is 8.24. The van der Waals surface area contributed by atoms with Gasteiger partial charge in [0, 0.05) is 18.4 Å². The minimum atomic E-state index is -3.31. The summed E-state index contributed by atoms with van der Waals surface area (Å²) in [5.74, 6) is 0.293. The molecular formula is C17H25NO4S. The fourth-order valence-corrected chi connectivity index (χ4v) is 3.54. The summed E-state index contributed by atoms with van der Waals surface area (Å²) in [5, 5.41) is 2.77. The molecule has 2 unspecified atom stereocenters. The molecule has 128 valence electrons. The highest BCUT2D eigenvalue weighted by Crippen LogP contribution is 2.25. The highest BCUT2D eigenvalue weighted by molar-refractivity contribution is 7.90. The maximum absolute atomic E-state index is 12.1. The van der Waals surface area contributed by atoms with Crippen LogP contribution in [0.4, 0.5) is 0 Å². The Bertz CT molecular complexity index is 642. The lowest BCUT2D eigenvalue weighted by atomic mass is 9.88. The first-order chi connectivity index (χ1) is 10.9. The van der Waals surface area contributed by atoms with Gasteiger partial charge in [0.25, 0.3) is 5.91 Å². The van der Waals surface area contributed by atoms with Gasteiger partial charge in [-0.15, -0.1) is 0 Å². The van der Waals surface area contributed by atoms with E-state index in [9.17, 15) is 13.2 Å². The van der Waals surface area contributed by atoms with Gasteiger partial charge in [-0.3, -0.25) is 4.79 Å². The molecule has 1 N–H and O–H groups in total. The summed E-state index contributed by atoms with van der Waals surface area (Å²) < 4.78 is 28.9. The maximum atomic E-state index is 12.1. The second kappa shape index (κ2) is 7.93. The zero-order valence-corrected chi connectivity index (χ0v) is 14.6. The number of hydrogen-bond donors (Lipinski definition) is 1. The maximum Gasteiger partial charge on any atom is 0.251 e. The van der Waals surface area contributed by atoms with E-state index in [1.165, 1.54) is 31.4 Å². The van der Waals surface area contributed by atoms with Crippen LogP contribution in [0.2, 0.25) is 0 Å². The molecule has 0 bridgehead atoms. The minimum Gasteiger partial charge on any atom is -0.376 e. The molecule has 0 radical (unpaired) electrons. The molecule has 0 saturated heterocycles. The molecule has 5 nitrogen and oxygen atoms in total. The lowest BCUT2D eigenvalue weighted by Gasteiger charge is -2.28. The molecule has 1 amide bonds. The molecule has 2 atom stereocenters. The Morgan fingerprint density at radius 1 is 1.30 bits per heavy atom. The van der Waals surface area contributed by atoms with Crippen molar-refractivity contribution in [2.75, 3.05) is 19.4 Å². The average molecular weight is 339 g/mol. The second-order valence-electron chi connectivity index (χ2n) is 6.23. The molecule has 0 aromatic heterocycles. The fraction of sp³-hybridized carbons (Fsp3) is 0.588. The molecule has 1 aromatic carbocycles. The number of hydrogen-bond acceptors (Lipinski definition) is 4. The van der Waals surface area contributed by atoms with Crippen molar-refractivity contribution in [3.8, 4) is 0 Å². The summed E-state index contributed by atoms with van der Waals surface area (Å²) in [6.45, 7) is 3.11. The van der Waals surface area contributed by atoms with Gasteiger partial charge in [-0.25, -0.2) is 8.42 Å². The lowest BCUT2D eigenvalue weighted by molar-refractivity contribution is -0.00293. The van der Waals surface area contributed by atoms with E-state index in [4.69, 9.17) is 4.74 Å². The first kappa shape index (κ1) is 17.9. The van der Waals surface area contributed by atoms with Crippen molar-refractivity contribution in [3.05, 3.63) is 29.8 Å². The van der Waals surface area contributed by atoms with Gasteiger partial charge in [0.15, 0.2) is 9.84 Å². The van der Waals surface area contributed by atoms with Crippen LogP contribution in [-0.2, 0) is 14.6 Å². The Hall–Kier alpha value is -1.40. The highest BCUT2D eigenvalue weighted by atomic mass is 32.2. The monoisotopic (exact) mass is 339 g/mol. The standard InChI is InChI=1S/C17H25NO4S/c1-13-6-3-4-9-16(13)22-11-10-18-17(19)14-7-5-8-15(12-14)23(2,20)21/h5,7-8,12-13,16H,3-4,6,9-11H2,1-2H3,(H,18,19). The third kappa shape index (κ3) is 5.32. The number of carbonyl (C=O) groups excluding carboxylic acids is 1. The number of amides is 1. The average Bonchev–Trinajstić information content (AvgIpc) is 2.52. The summed E-state index contributed by atoms with van der Waals surface area (Å²) in [6, 6.07) is 6.06. The Labute approximate surface area is 138 Å². The molecular weight excluding hydrogens is 314 g/mol. The summed E-state index contributed by atoms with van der Waals surface area (Å²) in [5.41, 5.74) is 0.346.